The zero-order chi connectivity index (χ0) is 13.4. The van der Waals surface area contributed by atoms with Crippen LogP contribution in [0.5, 0.6) is 0 Å². The van der Waals surface area contributed by atoms with E-state index >= 15 is 0 Å². The van der Waals surface area contributed by atoms with E-state index < -0.39 is 12.0 Å². The zero-order valence-electron chi connectivity index (χ0n) is 10.9. The molecule has 2 saturated carbocycles. The predicted octanol–water partition coefficient (Wildman–Crippen LogP) is 0.751. The monoisotopic (exact) mass is 284 g/mol. The second kappa shape index (κ2) is 5.32. The number of thioether (sulfide) groups is 1. The molecule has 1 heterocycles. The van der Waals surface area contributed by atoms with Crippen molar-refractivity contribution in [2.24, 2.45) is 11.8 Å². The Hall–Kier alpha value is -0.750. The molecule has 0 radical (unpaired) electrons. The number of aliphatic carboxylic acids is 1. The van der Waals surface area contributed by atoms with Crippen LogP contribution in [0.25, 0.3) is 0 Å². The van der Waals surface area contributed by atoms with Gasteiger partial charge in [-0.2, -0.15) is 0 Å². The Morgan fingerprint density at radius 1 is 1.26 bits per heavy atom. The first-order valence-corrected chi connectivity index (χ1v) is 8.08. The van der Waals surface area contributed by atoms with E-state index in [1.165, 1.54) is 12.8 Å². The van der Waals surface area contributed by atoms with Crippen molar-refractivity contribution in [3.63, 3.8) is 0 Å². The minimum absolute atomic E-state index is 0.0463. The van der Waals surface area contributed by atoms with Gasteiger partial charge in [-0.05, 0) is 44.1 Å². The molecule has 6 heteroatoms. The first-order chi connectivity index (χ1) is 9.16. The van der Waals surface area contributed by atoms with E-state index in [-0.39, 0.29) is 17.8 Å². The highest BCUT2D eigenvalue weighted by atomic mass is 32.2. The molecule has 3 fully saturated rings. The van der Waals surface area contributed by atoms with E-state index in [1.54, 1.807) is 16.7 Å². The van der Waals surface area contributed by atoms with Crippen molar-refractivity contribution in [2.45, 2.75) is 37.1 Å². The third-order valence-electron chi connectivity index (χ3n) is 4.04. The van der Waals surface area contributed by atoms with Gasteiger partial charge in [-0.3, -0.25) is 4.79 Å². The van der Waals surface area contributed by atoms with Crippen molar-refractivity contribution in [1.82, 2.24) is 10.2 Å². The number of carbonyl (C=O) groups is 2. The van der Waals surface area contributed by atoms with Crippen LogP contribution >= 0.6 is 11.8 Å². The summed E-state index contributed by atoms with van der Waals surface area (Å²) in [6.45, 7) is 1.17. The maximum absolute atomic E-state index is 12.3. The van der Waals surface area contributed by atoms with Gasteiger partial charge in [-0.25, -0.2) is 4.79 Å². The molecule has 2 atom stereocenters. The lowest BCUT2D eigenvalue weighted by molar-refractivity contribution is -0.148. The molecule has 3 rings (SSSR count). The summed E-state index contributed by atoms with van der Waals surface area (Å²) in [5.41, 5.74) is 0. The topological polar surface area (TPSA) is 69.6 Å². The van der Waals surface area contributed by atoms with E-state index in [0.717, 1.165) is 25.3 Å². The van der Waals surface area contributed by atoms with Crippen molar-refractivity contribution in [1.29, 1.82) is 0 Å². The molecule has 5 nitrogen and oxygen atoms in total. The van der Waals surface area contributed by atoms with Crippen LogP contribution in [0, 0.1) is 11.8 Å². The molecular formula is C13H20N2O3S. The predicted molar refractivity (Wildman–Crippen MR) is 72.8 cm³/mol. The van der Waals surface area contributed by atoms with Crippen LogP contribution in [0.15, 0.2) is 0 Å². The average molecular weight is 284 g/mol. The van der Waals surface area contributed by atoms with Gasteiger partial charge in [-0.15, -0.1) is 11.8 Å². The SMILES string of the molecule is O=C(O)C1CSC(C2CC2)N1C(=O)CNCC1CC1. The first-order valence-electron chi connectivity index (χ1n) is 7.03. The molecular weight excluding hydrogens is 264 g/mol. The Bertz CT molecular complexity index is 382. The van der Waals surface area contributed by atoms with Crippen LogP contribution in [0.2, 0.25) is 0 Å². The van der Waals surface area contributed by atoms with Crippen LogP contribution in [0.1, 0.15) is 25.7 Å². The van der Waals surface area contributed by atoms with Crippen LogP contribution in [-0.2, 0) is 9.59 Å². The molecule has 3 aliphatic rings. The molecule has 1 aliphatic heterocycles. The number of rotatable bonds is 6. The summed E-state index contributed by atoms with van der Waals surface area (Å²) in [5, 5.41) is 12.5. The van der Waals surface area contributed by atoms with Gasteiger partial charge in [0.2, 0.25) is 5.91 Å². The lowest BCUT2D eigenvalue weighted by Crippen LogP contribution is -2.49. The molecule has 1 saturated heterocycles. The molecule has 106 valence electrons. The van der Waals surface area contributed by atoms with Crippen molar-refractivity contribution < 1.29 is 14.7 Å². The summed E-state index contributed by atoms with van der Waals surface area (Å²) in [6, 6.07) is -0.633. The third kappa shape index (κ3) is 3.05. The van der Waals surface area contributed by atoms with Crippen molar-refractivity contribution in [2.75, 3.05) is 18.8 Å². The number of carboxylic acids is 1. The number of nitrogens with one attached hydrogen (secondary N) is 1. The zero-order valence-corrected chi connectivity index (χ0v) is 11.7. The Kier molecular flexibility index (Phi) is 3.71. The molecule has 0 aromatic rings. The van der Waals surface area contributed by atoms with E-state index in [9.17, 15) is 14.7 Å². The third-order valence-corrected chi connectivity index (χ3v) is 5.50. The number of amides is 1. The molecule has 19 heavy (non-hydrogen) atoms. The summed E-state index contributed by atoms with van der Waals surface area (Å²) in [4.78, 5) is 25.2. The molecule has 2 N–H and O–H groups in total. The smallest absolute Gasteiger partial charge is 0.327 e. The number of nitrogens with zero attached hydrogens (tertiary/aromatic N) is 1. The fourth-order valence-electron chi connectivity index (χ4n) is 2.57. The van der Waals surface area contributed by atoms with Crippen molar-refractivity contribution in [3.05, 3.63) is 0 Å². The summed E-state index contributed by atoms with van der Waals surface area (Å²) >= 11 is 1.63. The van der Waals surface area contributed by atoms with Gasteiger partial charge in [-0.1, -0.05) is 0 Å². The van der Waals surface area contributed by atoms with Crippen LogP contribution in [0.3, 0.4) is 0 Å². The van der Waals surface area contributed by atoms with Gasteiger partial charge in [0.05, 0.1) is 11.9 Å². The molecule has 2 unspecified atom stereocenters. The van der Waals surface area contributed by atoms with Crippen molar-refractivity contribution in [3.8, 4) is 0 Å². The molecule has 0 aromatic carbocycles. The van der Waals surface area contributed by atoms with Crippen LogP contribution in [0.4, 0.5) is 0 Å². The standard InChI is InChI=1S/C13H20N2O3S/c16-11(6-14-5-8-1-2-8)15-10(13(17)18)7-19-12(15)9-3-4-9/h8-10,12,14H,1-7H2,(H,17,18). The Morgan fingerprint density at radius 2 is 2.00 bits per heavy atom. The number of carboxylic acid groups (broad SMARTS) is 1. The van der Waals surface area contributed by atoms with Crippen LogP contribution in [-0.4, -0.2) is 52.1 Å². The maximum atomic E-state index is 12.3. The van der Waals surface area contributed by atoms with Gasteiger partial charge in [0.1, 0.15) is 6.04 Å². The molecule has 0 spiro atoms. The number of carbonyl (C=O) groups excluding carboxylic acids is 1. The largest absolute Gasteiger partial charge is 0.480 e. The molecule has 1 amide bonds. The van der Waals surface area contributed by atoms with E-state index in [0.29, 0.717) is 11.7 Å². The second-order valence-electron chi connectivity index (χ2n) is 5.79. The van der Waals surface area contributed by atoms with Gasteiger partial charge < -0.3 is 15.3 Å². The highest BCUT2D eigenvalue weighted by Gasteiger charge is 2.47. The van der Waals surface area contributed by atoms with E-state index in [4.69, 9.17) is 0 Å². The van der Waals surface area contributed by atoms with E-state index in [1.807, 2.05) is 0 Å². The van der Waals surface area contributed by atoms with Gasteiger partial charge in [0.15, 0.2) is 0 Å². The maximum Gasteiger partial charge on any atom is 0.327 e. The second-order valence-corrected chi connectivity index (χ2v) is 6.94. The summed E-state index contributed by atoms with van der Waals surface area (Å²) in [6.07, 6.45) is 4.76. The Morgan fingerprint density at radius 3 is 2.58 bits per heavy atom. The van der Waals surface area contributed by atoms with Crippen molar-refractivity contribution >= 4 is 23.6 Å². The minimum Gasteiger partial charge on any atom is -0.480 e. The highest BCUT2D eigenvalue weighted by Crippen LogP contribution is 2.45. The molecule has 2 aliphatic carbocycles. The molecule has 0 bridgehead atoms. The minimum atomic E-state index is -0.869. The fraction of sp³-hybridized carbons (Fsp3) is 0.846. The number of hydrogen-bond donors (Lipinski definition) is 2. The highest BCUT2D eigenvalue weighted by molar-refractivity contribution is 8.00. The Balaban J connectivity index is 1.58. The quantitative estimate of drug-likeness (QED) is 0.753. The fourth-order valence-corrected chi connectivity index (χ4v) is 4.23. The van der Waals surface area contributed by atoms with Gasteiger partial charge >= 0.3 is 5.97 Å². The lowest BCUT2D eigenvalue weighted by atomic mass is 10.2. The normalized spacial score (nSPS) is 30.6. The Labute approximate surface area is 117 Å². The van der Waals surface area contributed by atoms with Gasteiger partial charge in [0.25, 0.3) is 0 Å². The van der Waals surface area contributed by atoms with Gasteiger partial charge in [0, 0.05) is 5.75 Å². The summed E-state index contributed by atoms with van der Waals surface area (Å²) in [7, 11) is 0. The first kappa shape index (κ1) is 13.2. The lowest BCUT2D eigenvalue weighted by Gasteiger charge is -2.27. The van der Waals surface area contributed by atoms with E-state index in [2.05, 4.69) is 5.32 Å². The van der Waals surface area contributed by atoms with Crippen LogP contribution < -0.4 is 5.32 Å². The summed E-state index contributed by atoms with van der Waals surface area (Å²) in [5.74, 6) is 0.864. The number of hydrogen-bond acceptors (Lipinski definition) is 4. The summed E-state index contributed by atoms with van der Waals surface area (Å²) < 4.78 is 0. The average Bonchev–Trinajstić information content (AvgIpc) is 3.28. The molecule has 0 aromatic heterocycles.